The highest BCUT2D eigenvalue weighted by molar-refractivity contribution is 5.80. The molecule has 1 aliphatic heterocycles. The first kappa shape index (κ1) is 33.3. The van der Waals surface area contributed by atoms with Crippen LogP contribution < -0.4 is 10.6 Å². The third kappa shape index (κ3) is 8.52. The summed E-state index contributed by atoms with van der Waals surface area (Å²) in [6, 6.07) is 7.99. The summed E-state index contributed by atoms with van der Waals surface area (Å²) in [5.41, 5.74) is 2.42. The molecule has 5 N–H and O–H groups in total. The number of carboxylic acid groups (broad SMARTS) is 1. The Hall–Kier alpha value is -2.62. The highest BCUT2D eigenvalue weighted by Crippen LogP contribution is 2.53. The number of aromatic nitrogens is 1. The number of carbonyl (C=O) groups excluding carboxylic acids is 1. The summed E-state index contributed by atoms with van der Waals surface area (Å²) in [6.45, 7) is 10.4. The molecule has 1 aromatic carbocycles. The van der Waals surface area contributed by atoms with Crippen LogP contribution in [0.3, 0.4) is 0 Å². The number of amides is 2. The van der Waals surface area contributed by atoms with E-state index in [1.807, 2.05) is 20.0 Å². The molecule has 43 heavy (non-hydrogen) atoms. The van der Waals surface area contributed by atoms with E-state index in [0.29, 0.717) is 13.0 Å². The van der Waals surface area contributed by atoms with Crippen molar-refractivity contribution in [2.75, 3.05) is 26.9 Å². The van der Waals surface area contributed by atoms with Crippen molar-refractivity contribution in [3.05, 3.63) is 36.0 Å². The summed E-state index contributed by atoms with van der Waals surface area (Å²) in [5.74, 6) is -0.0131. The van der Waals surface area contributed by atoms with E-state index in [1.165, 1.54) is 5.56 Å². The van der Waals surface area contributed by atoms with Gasteiger partial charge >= 0.3 is 6.09 Å². The smallest absolute Gasteiger partial charge is 0.404 e. The zero-order valence-corrected chi connectivity index (χ0v) is 26.6. The molecule has 240 valence electrons. The SMILES string of the molecule is COCCCC(c1ccc2cc[nH]c2c1)C(CC(NC(=O)O)C(O)CC(C(=O)NC1CC12CCOCC2)C(C)C)C(C)C. The molecule has 2 aliphatic rings. The van der Waals surface area contributed by atoms with Crippen LogP contribution in [0.15, 0.2) is 30.5 Å². The number of aliphatic hydroxyl groups is 1. The maximum atomic E-state index is 13.5. The Kier molecular flexibility index (Phi) is 11.5. The van der Waals surface area contributed by atoms with Crippen molar-refractivity contribution in [3.63, 3.8) is 0 Å². The number of carbonyl (C=O) groups is 2. The van der Waals surface area contributed by atoms with Crippen molar-refractivity contribution in [2.45, 2.75) is 96.7 Å². The van der Waals surface area contributed by atoms with E-state index in [1.54, 1.807) is 7.11 Å². The van der Waals surface area contributed by atoms with Crippen LogP contribution in [-0.4, -0.2) is 72.3 Å². The average molecular weight is 600 g/mol. The molecule has 6 unspecified atom stereocenters. The molecule has 2 heterocycles. The van der Waals surface area contributed by atoms with Crippen molar-refractivity contribution in [2.24, 2.45) is 29.1 Å². The minimum Gasteiger partial charge on any atom is -0.465 e. The topological polar surface area (TPSA) is 133 Å². The van der Waals surface area contributed by atoms with Gasteiger partial charge in [-0.25, -0.2) is 4.79 Å². The number of methoxy groups -OCH3 is 1. The maximum absolute atomic E-state index is 13.5. The Morgan fingerprint density at radius 2 is 1.86 bits per heavy atom. The zero-order chi connectivity index (χ0) is 31.1. The number of benzene rings is 1. The van der Waals surface area contributed by atoms with Crippen molar-refractivity contribution in [1.29, 1.82) is 0 Å². The third-order valence-corrected chi connectivity index (χ3v) is 10.2. The van der Waals surface area contributed by atoms with Gasteiger partial charge in [0.2, 0.25) is 5.91 Å². The lowest BCUT2D eigenvalue weighted by Gasteiger charge is -2.36. The first-order valence-corrected chi connectivity index (χ1v) is 16.2. The molecule has 9 heteroatoms. The number of nitrogens with one attached hydrogen (secondary N) is 3. The van der Waals surface area contributed by atoms with E-state index in [9.17, 15) is 19.8 Å². The fourth-order valence-electron chi connectivity index (χ4n) is 7.30. The van der Waals surface area contributed by atoms with Crippen molar-refractivity contribution in [3.8, 4) is 0 Å². The molecule has 2 amide bonds. The van der Waals surface area contributed by atoms with Gasteiger partial charge in [0, 0.05) is 50.6 Å². The van der Waals surface area contributed by atoms with Crippen LogP contribution >= 0.6 is 0 Å². The molecular formula is C34H53N3O6. The molecule has 1 aliphatic carbocycles. The minimum atomic E-state index is -1.17. The summed E-state index contributed by atoms with van der Waals surface area (Å²) in [5, 5.41) is 28.4. The maximum Gasteiger partial charge on any atom is 0.404 e. The monoisotopic (exact) mass is 599 g/mol. The van der Waals surface area contributed by atoms with Crippen LogP contribution in [0.25, 0.3) is 10.9 Å². The summed E-state index contributed by atoms with van der Waals surface area (Å²) < 4.78 is 10.9. The van der Waals surface area contributed by atoms with E-state index < -0.39 is 24.2 Å². The standard InChI is InChI=1S/C34H53N3O6/c1-21(2)26(25(7-6-14-42-5)24-9-8-23-10-13-35-28(23)17-24)18-29(36-33(40)41)30(38)19-27(22(3)4)32(39)37-31-20-34(31)11-15-43-16-12-34/h8-10,13,17,21-22,25-27,29-31,35-36,38H,6-7,11-12,14-16,18-20H2,1-5H3,(H,37,39)(H,40,41). The molecule has 0 radical (unpaired) electrons. The van der Waals surface area contributed by atoms with E-state index in [4.69, 9.17) is 9.47 Å². The highest BCUT2D eigenvalue weighted by Gasteiger charge is 2.55. The van der Waals surface area contributed by atoms with Crippen molar-refractivity contribution >= 4 is 22.9 Å². The molecule has 9 nitrogen and oxygen atoms in total. The summed E-state index contributed by atoms with van der Waals surface area (Å²) in [7, 11) is 1.71. The Labute approximate surface area is 256 Å². The lowest BCUT2D eigenvalue weighted by Crippen LogP contribution is -2.48. The Bertz CT molecular complexity index is 1190. The lowest BCUT2D eigenvalue weighted by atomic mass is 9.72. The average Bonchev–Trinajstić information content (AvgIpc) is 3.37. The molecule has 1 spiro atoms. The largest absolute Gasteiger partial charge is 0.465 e. The quantitative estimate of drug-likeness (QED) is 0.158. The van der Waals surface area contributed by atoms with Gasteiger partial charge in [0.15, 0.2) is 0 Å². The molecule has 1 saturated carbocycles. The van der Waals surface area contributed by atoms with Gasteiger partial charge < -0.3 is 35.3 Å². The Morgan fingerprint density at radius 3 is 2.51 bits per heavy atom. The predicted molar refractivity (Wildman–Crippen MR) is 168 cm³/mol. The third-order valence-electron chi connectivity index (χ3n) is 10.2. The van der Waals surface area contributed by atoms with Gasteiger partial charge in [-0.2, -0.15) is 0 Å². The number of aliphatic hydroxyl groups excluding tert-OH is 1. The first-order valence-electron chi connectivity index (χ1n) is 16.2. The molecule has 2 fully saturated rings. The fourth-order valence-corrected chi connectivity index (χ4v) is 7.30. The van der Waals surface area contributed by atoms with Gasteiger partial charge in [0.25, 0.3) is 0 Å². The first-order chi connectivity index (χ1) is 20.5. The van der Waals surface area contributed by atoms with Crippen molar-refractivity contribution in [1.82, 2.24) is 15.6 Å². The van der Waals surface area contributed by atoms with Gasteiger partial charge in [0.1, 0.15) is 0 Å². The molecular weight excluding hydrogens is 546 g/mol. The number of hydrogen-bond donors (Lipinski definition) is 5. The molecule has 1 aromatic heterocycles. The number of H-pyrrole nitrogens is 1. The number of aromatic amines is 1. The second-order valence-corrected chi connectivity index (χ2v) is 13.7. The fraction of sp³-hybridized carbons (Fsp3) is 0.706. The molecule has 6 atom stereocenters. The van der Waals surface area contributed by atoms with Gasteiger partial charge in [-0.15, -0.1) is 0 Å². The minimum absolute atomic E-state index is 0.000251. The Morgan fingerprint density at radius 1 is 1.12 bits per heavy atom. The van der Waals surface area contributed by atoms with Gasteiger partial charge in [0.05, 0.1) is 12.1 Å². The predicted octanol–water partition coefficient (Wildman–Crippen LogP) is 5.69. The number of hydrogen-bond acceptors (Lipinski definition) is 5. The van der Waals surface area contributed by atoms with Crippen LogP contribution in [0.5, 0.6) is 0 Å². The summed E-state index contributed by atoms with van der Waals surface area (Å²) >= 11 is 0. The van der Waals surface area contributed by atoms with Crippen LogP contribution in [0.4, 0.5) is 4.79 Å². The molecule has 1 saturated heterocycles. The molecule has 0 bridgehead atoms. The normalized spacial score (nSPS) is 21.4. The highest BCUT2D eigenvalue weighted by atomic mass is 16.5. The summed E-state index contributed by atoms with van der Waals surface area (Å²) in [6.07, 6.45) is 5.10. The van der Waals surface area contributed by atoms with Gasteiger partial charge in [-0.1, -0.05) is 39.8 Å². The van der Waals surface area contributed by atoms with E-state index in [2.05, 4.69) is 53.7 Å². The Balaban J connectivity index is 1.51. The van der Waals surface area contributed by atoms with E-state index in [-0.39, 0.29) is 47.5 Å². The summed E-state index contributed by atoms with van der Waals surface area (Å²) in [4.78, 5) is 28.8. The van der Waals surface area contributed by atoms with E-state index >= 15 is 0 Å². The second-order valence-electron chi connectivity index (χ2n) is 13.7. The van der Waals surface area contributed by atoms with Crippen LogP contribution in [-0.2, 0) is 14.3 Å². The van der Waals surface area contributed by atoms with Crippen LogP contribution in [0, 0.1) is 29.1 Å². The number of fused-ring (bicyclic) bond motifs is 1. The van der Waals surface area contributed by atoms with Gasteiger partial charge in [-0.05, 0) is 97.1 Å². The number of ether oxygens (including phenoxy) is 2. The lowest BCUT2D eigenvalue weighted by molar-refractivity contribution is -0.128. The van der Waals surface area contributed by atoms with Crippen molar-refractivity contribution < 1.29 is 29.3 Å². The zero-order valence-electron chi connectivity index (χ0n) is 26.6. The van der Waals surface area contributed by atoms with Crippen LogP contribution in [0.1, 0.15) is 84.1 Å². The second kappa shape index (κ2) is 14.9. The van der Waals surface area contributed by atoms with Crippen LogP contribution in [0.2, 0.25) is 0 Å². The molecule has 2 aromatic rings. The molecule has 4 rings (SSSR count). The van der Waals surface area contributed by atoms with E-state index in [0.717, 1.165) is 56.2 Å². The van der Waals surface area contributed by atoms with Gasteiger partial charge in [-0.3, -0.25) is 4.79 Å². The number of rotatable bonds is 16.